The molecule has 17 heavy (non-hydrogen) atoms. The summed E-state index contributed by atoms with van der Waals surface area (Å²) in [6.45, 7) is 5.94. The molecule has 0 saturated carbocycles. The molecule has 0 fully saturated rings. The first-order valence-corrected chi connectivity index (χ1v) is 6.78. The Morgan fingerprint density at radius 1 is 1.59 bits per heavy atom. The summed E-state index contributed by atoms with van der Waals surface area (Å²) in [6, 6.07) is -0.0169. The molecule has 2 unspecified atom stereocenters. The maximum absolute atomic E-state index is 11.7. The van der Waals surface area contributed by atoms with Crippen LogP contribution in [0.4, 0.5) is 0 Å². The fourth-order valence-corrected chi connectivity index (χ4v) is 2.11. The lowest BCUT2D eigenvalue weighted by molar-refractivity contribution is -0.121. The van der Waals surface area contributed by atoms with Crippen LogP contribution in [0.25, 0.3) is 0 Å². The van der Waals surface area contributed by atoms with Crippen LogP contribution >= 0.6 is 11.3 Å². The van der Waals surface area contributed by atoms with Gasteiger partial charge in [-0.25, -0.2) is 4.98 Å². The van der Waals surface area contributed by atoms with Crippen molar-refractivity contribution in [3.8, 4) is 0 Å². The van der Waals surface area contributed by atoms with E-state index in [9.17, 15) is 4.79 Å². The molecule has 2 atom stereocenters. The highest BCUT2D eigenvalue weighted by Gasteiger charge is 2.14. The average molecular weight is 256 g/mol. The van der Waals surface area contributed by atoms with Crippen LogP contribution in [0.15, 0.2) is 5.38 Å². The summed E-state index contributed by atoms with van der Waals surface area (Å²) in [7, 11) is 0. The highest BCUT2D eigenvalue weighted by atomic mass is 32.1. The Hall–Kier alpha value is -0.940. The minimum atomic E-state index is -0.0363. The number of amides is 1. The molecule has 0 aliphatic rings. The lowest BCUT2D eigenvalue weighted by atomic mass is 10.1. The molecular weight excluding hydrogens is 236 g/mol. The molecule has 1 aromatic rings. The maximum atomic E-state index is 11.7. The van der Waals surface area contributed by atoms with E-state index in [0.29, 0.717) is 6.42 Å². The third-order valence-electron chi connectivity index (χ3n) is 2.77. The van der Waals surface area contributed by atoms with Gasteiger partial charge in [0.05, 0.1) is 17.1 Å². The van der Waals surface area contributed by atoms with Gasteiger partial charge in [0, 0.05) is 18.0 Å². The third-order valence-corrected chi connectivity index (χ3v) is 3.82. The molecule has 0 aromatic carbocycles. The number of nitrogens with zero attached hydrogens (tertiary/aromatic N) is 1. The van der Waals surface area contributed by atoms with E-state index in [4.69, 9.17) is 5.11 Å². The van der Waals surface area contributed by atoms with Gasteiger partial charge in [0.15, 0.2) is 0 Å². The average Bonchev–Trinajstić information content (AvgIpc) is 2.75. The number of aromatic nitrogens is 1. The molecule has 0 aliphatic heterocycles. The zero-order valence-electron chi connectivity index (χ0n) is 10.6. The van der Waals surface area contributed by atoms with Crippen LogP contribution in [-0.2, 0) is 17.6 Å². The maximum Gasteiger partial charge on any atom is 0.226 e. The number of carbonyl (C=O) groups is 1. The normalized spacial score (nSPS) is 14.4. The summed E-state index contributed by atoms with van der Waals surface area (Å²) < 4.78 is 0. The first-order chi connectivity index (χ1) is 8.06. The fourth-order valence-electron chi connectivity index (χ4n) is 1.36. The summed E-state index contributed by atoms with van der Waals surface area (Å²) in [5.41, 5.74) is 0.827. The predicted octanol–water partition coefficient (Wildman–Crippen LogP) is 1.38. The van der Waals surface area contributed by atoms with E-state index in [1.54, 1.807) is 11.3 Å². The van der Waals surface area contributed by atoms with Crippen molar-refractivity contribution in [2.24, 2.45) is 5.92 Å². The number of aliphatic hydroxyl groups excluding tert-OH is 1. The Balaban J connectivity index is 2.44. The summed E-state index contributed by atoms with van der Waals surface area (Å²) in [5, 5.41) is 14.8. The molecule has 0 spiro atoms. The van der Waals surface area contributed by atoms with Crippen molar-refractivity contribution in [3.63, 3.8) is 0 Å². The number of aliphatic hydroxyl groups is 1. The van der Waals surface area contributed by atoms with E-state index in [1.165, 1.54) is 0 Å². The third kappa shape index (κ3) is 4.44. The minimum absolute atomic E-state index is 0.0169. The highest BCUT2D eigenvalue weighted by molar-refractivity contribution is 7.09. The van der Waals surface area contributed by atoms with E-state index in [-0.39, 0.29) is 24.5 Å². The Labute approximate surface area is 106 Å². The van der Waals surface area contributed by atoms with Crippen molar-refractivity contribution < 1.29 is 9.90 Å². The Morgan fingerprint density at radius 2 is 2.29 bits per heavy atom. The Kier molecular flexibility index (Phi) is 5.58. The van der Waals surface area contributed by atoms with E-state index in [2.05, 4.69) is 10.3 Å². The first-order valence-electron chi connectivity index (χ1n) is 5.90. The SMILES string of the molecule is CCc1nc(CC(=O)NC(C)C(C)CO)cs1. The molecule has 0 saturated heterocycles. The minimum Gasteiger partial charge on any atom is -0.396 e. The zero-order valence-corrected chi connectivity index (χ0v) is 11.4. The number of hydrogen-bond acceptors (Lipinski definition) is 4. The van der Waals surface area contributed by atoms with Gasteiger partial charge in [0.25, 0.3) is 0 Å². The van der Waals surface area contributed by atoms with Crippen molar-refractivity contribution in [2.75, 3.05) is 6.61 Å². The largest absolute Gasteiger partial charge is 0.396 e. The van der Waals surface area contributed by atoms with Gasteiger partial charge in [-0.2, -0.15) is 0 Å². The summed E-state index contributed by atoms with van der Waals surface area (Å²) >= 11 is 1.59. The fraction of sp³-hybridized carbons (Fsp3) is 0.667. The zero-order chi connectivity index (χ0) is 12.8. The van der Waals surface area contributed by atoms with Crippen molar-refractivity contribution in [1.82, 2.24) is 10.3 Å². The second kappa shape index (κ2) is 6.71. The van der Waals surface area contributed by atoms with E-state index in [0.717, 1.165) is 17.1 Å². The summed E-state index contributed by atoms with van der Waals surface area (Å²) in [6.07, 6.45) is 1.23. The lowest BCUT2D eigenvalue weighted by Crippen LogP contribution is -2.39. The van der Waals surface area contributed by atoms with Gasteiger partial charge in [-0.05, 0) is 19.3 Å². The van der Waals surface area contributed by atoms with Crippen LogP contribution in [0.3, 0.4) is 0 Å². The van der Waals surface area contributed by atoms with Crippen molar-refractivity contribution in [1.29, 1.82) is 0 Å². The van der Waals surface area contributed by atoms with E-state index in [1.807, 2.05) is 26.2 Å². The lowest BCUT2D eigenvalue weighted by Gasteiger charge is -2.18. The number of nitrogens with one attached hydrogen (secondary N) is 1. The Morgan fingerprint density at radius 3 is 2.82 bits per heavy atom. The van der Waals surface area contributed by atoms with Crippen molar-refractivity contribution >= 4 is 17.2 Å². The summed E-state index contributed by atoms with van der Waals surface area (Å²) in [5.74, 6) is 0.0336. The Bertz CT molecular complexity index is 365. The molecule has 0 aliphatic carbocycles. The number of hydrogen-bond donors (Lipinski definition) is 2. The standard InChI is InChI=1S/C12H20N2O2S/c1-4-12-14-10(7-17-12)5-11(16)13-9(3)8(2)6-15/h7-9,15H,4-6H2,1-3H3,(H,13,16). The van der Waals surface area contributed by atoms with E-state index < -0.39 is 0 Å². The van der Waals surface area contributed by atoms with Gasteiger partial charge in [0.1, 0.15) is 0 Å². The van der Waals surface area contributed by atoms with Crippen LogP contribution in [-0.4, -0.2) is 28.6 Å². The van der Waals surface area contributed by atoms with E-state index >= 15 is 0 Å². The molecule has 2 N–H and O–H groups in total. The van der Waals surface area contributed by atoms with Crippen LogP contribution in [0.1, 0.15) is 31.5 Å². The molecule has 1 heterocycles. The number of rotatable bonds is 6. The second-order valence-corrected chi connectivity index (χ2v) is 5.22. The molecule has 0 bridgehead atoms. The van der Waals surface area contributed by atoms with Crippen LogP contribution < -0.4 is 5.32 Å². The molecule has 4 nitrogen and oxygen atoms in total. The quantitative estimate of drug-likeness (QED) is 0.808. The number of aryl methyl sites for hydroxylation is 1. The number of thiazole rings is 1. The van der Waals surface area contributed by atoms with Gasteiger partial charge in [0.2, 0.25) is 5.91 Å². The van der Waals surface area contributed by atoms with Crippen LogP contribution in [0.5, 0.6) is 0 Å². The molecule has 1 rings (SSSR count). The van der Waals surface area contributed by atoms with Gasteiger partial charge < -0.3 is 10.4 Å². The van der Waals surface area contributed by atoms with Crippen LogP contribution in [0, 0.1) is 5.92 Å². The molecule has 0 radical (unpaired) electrons. The predicted molar refractivity (Wildman–Crippen MR) is 69.1 cm³/mol. The van der Waals surface area contributed by atoms with Crippen molar-refractivity contribution in [3.05, 3.63) is 16.1 Å². The van der Waals surface area contributed by atoms with Gasteiger partial charge in [-0.15, -0.1) is 11.3 Å². The van der Waals surface area contributed by atoms with Gasteiger partial charge >= 0.3 is 0 Å². The second-order valence-electron chi connectivity index (χ2n) is 4.28. The molecule has 5 heteroatoms. The topological polar surface area (TPSA) is 62.2 Å². The van der Waals surface area contributed by atoms with Crippen LogP contribution in [0.2, 0.25) is 0 Å². The first kappa shape index (κ1) is 14.1. The molecular formula is C12H20N2O2S. The van der Waals surface area contributed by atoms with Gasteiger partial charge in [-0.1, -0.05) is 13.8 Å². The molecule has 96 valence electrons. The van der Waals surface area contributed by atoms with Gasteiger partial charge in [-0.3, -0.25) is 4.79 Å². The smallest absolute Gasteiger partial charge is 0.226 e. The van der Waals surface area contributed by atoms with Crippen molar-refractivity contribution in [2.45, 2.75) is 39.7 Å². The highest BCUT2D eigenvalue weighted by Crippen LogP contribution is 2.11. The monoisotopic (exact) mass is 256 g/mol. The summed E-state index contributed by atoms with van der Waals surface area (Å²) in [4.78, 5) is 16.1. The molecule has 1 aromatic heterocycles. The molecule has 1 amide bonds. The number of carbonyl (C=O) groups excluding carboxylic acids is 1.